The summed E-state index contributed by atoms with van der Waals surface area (Å²) in [5.74, 6) is -0.408. The summed E-state index contributed by atoms with van der Waals surface area (Å²) >= 11 is 0. The Labute approximate surface area is 157 Å². The van der Waals surface area contributed by atoms with E-state index in [4.69, 9.17) is 0 Å². The maximum atomic E-state index is 14.5. The number of nitrogens with zero attached hydrogens (tertiary/aromatic N) is 2. The Bertz CT molecular complexity index is 928. The molecule has 1 unspecified atom stereocenters. The monoisotopic (exact) mass is 366 g/mol. The van der Waals surface area contributed by atoms with Crippen LogP contribution in [0.1, 0.15) is 37.7 Å². The van der Waals surface area contributed by atoms with Crippen LogP contribution in [0.4, 0.5) is 4.39 Å². The van der Waals surface area contributed by atoms with Crippen molar-refractivity contribution in [2.45, 2.75) is 44.4 Å². The fourth-order valence-electron chi connectivity index (χ4n) is 3.70. The largest absolute Gasteiger partial charge is 0.349 e. The van der Waals surface area contributed by atoms with E-state index in [0.29, 0.717) is 23.0 Å². The summed E-state index contributed by atoms with van der Waals surface area (Å²) in [6.45, 7) is 0. The molecule has 2 heterocycles. The fourth-order valence-corrected chi connectivity index (χ4v) is 3.70. The van der Waals surface area contributed by atoms with Gasteiger partial charge in [-0.3, -0.25) is 19.7 Å². The van der Waals surface area contributed by atoms with Crippen molar-refractivity contribution in [2.24, 2.45) is 4.99 Å². The molecule has 0 saturated heterocycles. The lowest BCUT2D eigenvalue weighted by Gasteiger charge is -2.29. The molecule has 2 N–H and O–H groups in total. The molecule has 2 aromatic rings. The van der Waals surface area contributed by atoms with Gasteiger partial charge in [-0.2, -0.15) is 0 Å². The third-order valence-electron chi connectivity index (χ3n) is 5.09. The number of rotatable bonds is 4. The van der Waals surface area contributed by atoms with Crippen LogP contribution in [0.2, 0.25) is 0 Å². The smallest absolute Gasteiger partial charge is 0.255 e. The van der Waals surface area contributed by atoms with Crippen LogP contribution in [-0.2, 0) is 0 Å². The quantitative estimate of drug-likeness (QED) is 0.872. The van der Waals surface area contributed by atoms with Crippen LogP contribution in [0.15, 0.2) is 64.3 Å². The molecule has 0 spiro atoms. The molecule has 1 aromatic carbocycles. The van der Waals surface area contributed by atoms with Crippen LogP contribution in [0.3, 0.4) is 0 Å². The molecule has 1 aromatic heterocycles. The normalized spacial score (nSPS) is 20.6. The first-order chi connectivity index (χ1) is 13.2. The third kappa shape index (κ3) is 4.01. The van der Waals surface area contributed by atoms with Crippen molar-refractivity contribution < 1.29 is 4.39 Å². The first-order valence-corrected chi connectivity index (χ1v) is 9.45. The van der Waals surface area contributed by atoms with Gasteiger partial charge in [0.25, 0.3) is 5.56 Å². The highest BCUT2D eigenvalue weighted by Crippen LogP contribution is 2.23. The second-order valence-corrected chi connectivity index (χ2v) is 7.01. The standard InChI is InChI=1S/C21H23FN4O/c22-18-14-23-21(24-16-8-2-1-3-9-16)25-20(18)15-7-6-10-17(13-15)26-12-5-4-11-19(26)27/h4-7,10-14,16,21,24-25H,1-3,8-9H2. The molecule has 27 heavy (non-hydrogen) atoms. The van der Waals surface area contributed by atoms with Gasteiger partial charge < -0.3 is 5.32 Å². The van der Waals surface area contributed by atoms with E-state index in [1.807, 2.05) is 18.2 Å². The van der Waals surface area contributed by atoms with E-state index >= 15 is 0 Å². The van der Waals surface area contributed by atoms with Crippen molar-refractivity contribution in [1.82, 2.24) is 15.2 Å². The molecule has 0 bridgehead atoms. The highest BCUT2D eigenvalue weighted by atomic mass is 19.1. The molecule has 1 atom stereocenters. The molecular formula is C21H23FN4O. The van der Waals surface area contributed by atoms with Gasteiger partial charge in [0, 0.05) is 29.6 Å². The number of allylic oxidation sites excluding steroid dienone is 1. The summed E-state index contributed by atoms with van der Waals surface area (Å²) < 4.78 is 16.0. The van der Waals surface area contributed by atoms with Crippen LogP contribution in [-0.4, -0.2) is 23.1 Å². The van der Waals surface area contributed by atoms with Crippen molar-refractivity contribution in [1.29, 1.82) is 0 Å². The third-order valence-corrected chi connectivity index (χ3v) is 5.09. The molecule has 0 radical (unpaired) electrons. The zero-order valence-electron chi connectivity index (χ0n) is 15.1. The van der Waals surface area contributed by atoms with Crippen molar-refractivity contribution in [2.75, 3.05) is 0 Å². The Morgan fingerprint density at radius 1 is 1.11 bits per heavy atom. The molecule has 1 saturated carbocycles. The maximum absolute atomic E-state index is 14.5. The van der Waals surface area contributed by atoms with E-state index < -0.39 is 5.83 Å². The van der Waals surface area contributed by atoms with E-state index in [2.05, 4.69) is 15.6 Å². The Balaban J connectivity index is 1.57. The average molecular weight is 366 g/mol. The number of aromatic nitrogens is 1. The van der Waals surface area contributed by atoms with Crippen LogP contribution >= 0.6 is 0 Å². The molecule has 1 fully saturated rings. The minimum absolute atomic E-state index is 0.126. The van der Waals surface area contributed by atoms with Crippen LogP contribution in [0.25, 0.3) is 11.4 Å². The van der Waals surface area contributed by atoms with E-state index in [9.17, 15) is 9.18 Å². The second-order valence-electron chi connectivity index (χ2n) is 7.01. The number of benzene rings is 1. The van der Waals surface area contributed by atoms with Crippen LogP contribution < -0.4 is 16.2 Å². The number of nitrogens with one attached hydrogen (secondary N) is 2. The number of hydrogen-bond acceptors (Lipinski definition) is 4. The van der Waals surface area contributed by atoms with Gasteiger partial charge in [-0.15, -0.1) is 0 Å². The molecule has 1 aliphatic carbocycles. The van der Waals surface area contributed by atoms with E-state index in [1.54, 1.807) is 24.4 Å². The summed E-state index contributed by atoms with van der Waals surface area (Å²) in [5.41, 5.74) is 1.64. The van der Waals surface area contributed by atoms with Crippen molar-refractivity contribution >= 4 is 11.9 Å². The van der Waals surface area contributed by atoms with Gasteiger partial charge >= 0.3 is 0 Å². The summed E-state index contributed by atoms with van der Waals surface area (Å²) in [6.07, 6.45) is 8.61. The molecule has 1 aliphatic heterocycles. The first-order valence-electron chi connectivity index (χ1n) is 9.45. The van der Waals surface area contributed by atoms with Gasteiger partial charge in [0.2, 0.25) is 0 Å². The summed E-state index contributed by atoms with van der Waals surface area (Å²) in [6, 6.07) is 12.7. The highest BCUT2D eigenvalue weighted by Gasteiger charge is 2.22. The average Bonchev–Trinajstić information content (AvgIpc) is 2.71. The number of halogens is 1. The van der Waals surface area contributed by atoms with Gasteiger partial charge in [0.05, 0.1) is 11.9 Å². The molecule has 0 amide bonds. The predicted octanol–water partition coefficient (Wildman–Crippen LogP) is 3.36. The lowest BCUT2D eigenvalue weighted by atomic mass is 9.95. The lowest BCUT2D eigenvalue weighted by molar-refractivity contribution is 0.327. The molecule has 5 nitrogen and oxygen atoms in total. The zero-order chi connectivity index (χ0) is 18.6. The Morgan fingerprint density at radius 2 is 1.96 bits per heavy atom. The summed E-state index contributed by atoms with van der Waals surface area (Å²) in [4.78, 5) is 16.3. The van der Waals surface area contributed by atoms with Crippen LogP contribution in [0.5, 0.6) is 0 Å². The van der Waals surface area contributed by atoms with Gasteiger partial charge in [-0.1, -0.05) is 37.5 Å². The second kappa shape index (κ2) is 7.88. The van der Waals surface area contributed by atoms with Gasteiger partial charge in [-0.05, 0) is 31.0 Å². The predicted molar refractivity (Wildman–Crippen MR) is 105 cm³/mol. The molecule has 4 rings (SSSR count). The first kappa shape index (κ1) is 17.7. The van der Waals surface area contributed by atoms with E-state index in [-0.39, 0.29) is 11.8 Å². The fraction of sp³-hybridized carbons (Fsp3) is 0.333. The Hall–Kier alpha value is -2.73. The highest BCUT2D eigenvalue weighted by molar-refractivity contribution is 5.89. The minimum Gasteiger partial charge on any atom is -0.349 e. The summed E-state index contributed by atoms with van der Waals surface area (Å²) in [5, 5.41) is 6.64. The molecule has 6 heteroatoms. The lowest BCUT2D eigenvalue weighted by Crippen LogP contribution is -2.47. The number of aliphatic imine (C=N–C) groups is 1. The molecule has 2 aliphatic rings. The number of pyridine rings is 1. The minimum atomic E-state index is -0.408. The Morgan fingerprint density at radius 3 is 2.78 bits per heavy atom. The van der Waals surface area contributed by atoms with E-state index in [0.717, 1.165) is 12.8 Å². The maximum Gasteiger partial charge on any atom is 0.255 e. The number of hydrogen-bond donors (Lipinski definition) is 2. The topological polar surface area (TPSA) is 58.4 Å². The van der Waals surface area contributed by atoms with Crippen LogP contribution in [0, 0.1) is 0 Å². The summed E-state index contributed by atoms with van der Waals surface area (Å²) in [7, 11) is 0. The van der Waals surface area contributed by atoms with Gasteiger partial charge in [0.1, 0.15) is 0 Å². The van der Waals surface area contributed by atoms with Crippen molar-refractivity contribution in [3.63, 3.8) is 0 Å². The van der Waals surface area contributed by atoms with Crippen molar-refractivity contribution in [3.05, 3.63) is 70.4 Å². The van der Waals surface area contributed by atoms with Gasteiger partial charge in [0.15, 0.2) is 12.1 Å². The molecule has 140 valence electrons. The van der Waals surface area contributed by atoms with E-state index in [1.165, 1.54) is 36.1 Å². The van der Waals surface area contributed by atoms with Crippen molar-refractivity contribution in [3.8, 4) is 5.69 Å². The van der Waals surface area contributed by atoms with Gasteiger partial charge in [-0.25, -0.2) is 4.39 Å². The zero-order valence-corrected chi connectivity index (χ0v) is 15.1. The Kier molecular flexibility index (Phi) is 5.16. The SMILES string of the molecule is O=c1ccccn1-c1cccc(C2=C(F)C=NC(NC3CCCCC3)N2)c1. The molecular weight excluding hydrogens is 343 g/mol.